The van der Waals surface area contributed by atoms with Gasteiger partial charge in [-0.1, -0.05) is 29.8 Å². The average Bonchev–Trinajstić information content (AvgIpc) is 3.16. The molecule has 1 amide bonds. The van der Waals surface area contributed by atoms with Gasteiger partial charge in [0.2, 0.25) is 0 Å². The summed E-state index contributed by atoms with van der Waals surface area (Å²) in [5, 5.41) is 9.03. The van der Waals surface area contributed by atoms with Gasteiger partial charge < -0.3 is 14.4 Å². The molecular formula is C20H23NO4. The van der Waals surface area contributed by atoms with Crippen LogP contribution in [-0.4, -0.2) is 34.5 Å². The zero-order chi connectivity index (χ0) is 18.0. The number of nitrogens with zero attached hydrogens (tertiary/aromatic N) is 1. The van der Waals surface area contributed by atoms with E-state index in [1.165, 1.54) is 17.4 Å². The Balaban J connectivity index is 1.80. The number of amides is 1. The number of furan rings is 1. The van der Waals surface area contributed by atoms with Crippen molar-refractivity contribution in [1.29, 1.82) is 0 Å². The van der Waals surface area contributed by atoms with E-state index >= 15 is 0 Å². The molecule has 0 radical (unpaired) electrons. The molecule has 1 fully saturated rings. The van der Waals surface area contributed by atoms with Crippen LogP contribution in [-0.2, 0) is 17.6 Å². The minimum absolute atomic E-state index is 0.114. The molecule has 2 aromatic rings. The summed E-state index contributed by atoms with van der Waals surface area (Å²) in [6.07, 6.45) is 3.94. The van der Waals surface area contributed by atoms with Crippen LogP contribution in [0.25, 0.3) is 0 Å². The molecular weight excluding hydrogens is 318 g/mol. The predicted octanol–water partition coefficient (Wildman–Crippen LogP) is 3.37. The number of hydrogen-bond acceptors (Lipinski definition) is 3. The number of likely N-dealkylation sites (tertiary alicyclic amines) is 1. The van der Waals surface area contributed by atoms with E-state index in [9.17, 15) is 9.59 Å². The van der Waals surface area contributed by atoms with Crippen LogP contribution in [0.4, 0.5) is 0 Å². The second-order valence-electron chi connectivity index (χ2n) is 6.77. The number of benzene rings is 1. The van der Waals surface area contributed by atoms with Gasteiger partial charge in [-0.3, -0.25) is 9.59 Å². The van der Waals surface area contributed by atoms with Crippen LogP contribution in [0.15, 0.2) is 34.9 Å². The van der Waals surface area contributed by atoms with Crippen LogP contribution >= 0.6 is 0 Å². The number of carbonyl (C=O) groups excluding carboxylic acids is 1. The Hall–Kier alpha value is -2.56. The summed E-state index contributed by atoms with van der Waals surface area (Å²) in [6, 6.07) is 8.52. The van der Waals surface area contributed by atoms with E-state index in [0.717, 1.165) is 19.3 Å². The van der Waals surface area contributed by atoms with Gasteiger partial charge in [-0.2, -0.15) is 0 Å². The van der Waals surface area contributed by atoms with Crippen LogP contribution < -0.4 is 0 Å². The maximum absolute atomic E-state index is 13.1. The number of carboxylic acid groups (broad SMARTS) is 1. The zero-order valence-corrected chi connectivity index (χ0v) is 14.6. The summed E-state index contributed by atoms with van der Waals surface area (Å²) < 4.78 is 5.33. The molecule has 5 nitrogen and oxygen atoms in total. The van der Waals surface area contributed by atoms with E-state index in [1.807, 2.05) is 4.90 Å². The average molecular weight is 341 g/mol. The van der Waals surface area contributed by atoms with Gasteiger partial charge in [0, 0.05) is 18.2 Å². The Kier molecular flexibility index (Phi) is 4.93. The third-order valence-electron chi connectivity index (χ3n) is 4.81. The zero-order valence-electron chi connectivity index (χ0n) is 14.6. The number of carboxylic acids is 1. The lowest BCUT2D eigenvalue weighted by Crippen LogP contribution is -2.37. The van der Waals surface area contributed by atoms with Crippen molar-refractivity contribution in [2.24, 2.45) is 0 Å². The van der Waals surface area contributed by atoms with E-state index in [2.05, 4.69) is 31.2 Å². The van der Waals surface area contributed by atoms with Gasteiger partial charge in [-0.05, 0) is 38.7 Å². The fourth-order valence-corrected chi connectivity index (χ4v) is 3.51. The second kappa shape index (κ2) is 7.13. The van der Waals surface area contributed by atoms with Gasteiger partial charge in [0.15, 0.2) is 0 Å². The molecule has 1 aliphatic heterocycles. The van der Waals surface area contributed by atoms with E-state index in [1.54, 1.807) is 6.92 Å². The Bertz CT molecular complexity index is 775. The minimum Gasteiger partial charge on any atom is -0.481 e. The molecule has 1 aromatic carbocycles. The van der Waals surface area contributed by atoms with Crippen molar-refractivity contribution >= 4 is 11.9 Å². The summed E-state index contributed by atoms with van der Waals surface area (Å²) >= 11 is 0. The molecule has 1 N–H and O–H groups in total. The van der Waals surface area contributed by atoms with Gasteiger partial charge in [0.25, 0.3) is 5.91 Å². The Morgan fingerprint density at radius 3 is 2.64 bits per heavy atom. The van der Waals surface area contributed by atoms with Crippen LogP contribution in [0.2, 0.25) is 0 Å². The highest BCUT2D eigenvalue weighted by Crippen LogP contribution is 2.27. The molecule has 1 aliphatic rings. The summed E-state index contributed by atoms with van der Waals surface area (Å²) in [5.74, 6) is -0.867. The SMILES string of the molecule is Cc1ccc(CC2CCCN2C(=O)c2c(C)coc2CC(=O)O)cc1. The number of aliphatic carboxylic acids is 1. The molecule has 0 spiro atoms. The standard InChI is InChI=1S/C20H23NO4/c1-13-5-7-15(8-6-13)10-16-4-3-9-21(16)20(24)19-14(2)12-25-17(19)11-18(22)23/h5-8,12,16H,3-4,9-11H2,1-2H3,(H,22,23). The monoisotopic (exact) mass is 341 g/mol. The van der Waals surface area contributed by atoms with Crippen molar-refractivity contribution in [3.63, 3.8) is 0 Å². The van der Waals surface area contributed by atoms with Crippen LogP contribution in [0.3, 0.4) is 0 Å². The number of rotatable bonds is 5. The second-order valence-corrected chi connectivity index (χ2v) is 6.77. The normalized spacial score (nSPS) is 17.0. The van der Waals surface area contributed by atoms with Crippen LogP contribution in [0, 0.1) is 13.8 Å². The van der Waals surface area contributed by atoms with Gasteiger partial charge in [0.1, 0.15) is 12.2 Å². The van der Waals surface area contributed by atoms with Crippen molar-refractivity contribution in [2.75, 3.05) is 6.54 Å². The Morgan fingerprint density at radius 2 is 1.96 bits per heavy atom. The first-order chi connectivity index (χ1) is 12.0. The van der Waals surface area contributed by atoms with Gasteiger partial charge >= 0.3 is 5.97 Å². The molecule has 0 bridgehead atoms. The van der Waals surface area contributed by atoms with Gasteiger partial charge in [-0.15, -0.1) is 0 Å². The van der Waals surface area contributed by atoms with Crippen LogP contribution in [0.5, 0.6) is 0 Å². The van der Waals surface area contributed by atoms with Gasteiger partial charge in [-0.25, -0.2) is 0 Å². The quantitative estimate of drug-likeness (QED) is 0.905. The maximum atomic E-state index is 13.1. The lowest BCUT2D eigenvalue weighted by molar-refractivity contribution is -0.136. The number of hydrogen-bond donors (Lipinski definition) is 1. The van der Waals surface area contributed by atoms with E-state index in [0.29, 0.717) is 17.7 Å². The molecule has 1 atom stereocenters. The maximum Gasteiger partial charge on any atom is 0.311 e. The van der Waals surface area contributed by atoms with Crippen LogP contribution in [0.1, 0.15) is 45.7 Å². The fraction of sp³-hybridized carbons (Fsp3) is 0.400. The number of aryl methyl sites for hydroxylation is 2. The van der Waals surface area contributed by atoms with Gasteiger partial charge in [0.05, 0.1) is 11.8 Å². The summed E-state index contributed by atoms with van der Waals surface area (Å²) in [5.41, 5.74) is 3.54. The lowest BCUT2D eigenvalue weighted by atomic mass is 10.0. The first-order valence-electron chi connectivity index (χ1n) is 8.61. The molecule has 3 rings (SSSR count). The number of carbonyl (C=O) groups is 2. The highest BCUT2D eigenvalue weighted by atomic mass is 16.4. The first-order valence-corrected chi connectivity index (χ1v) is 8.61. The van der Waals surface area contributed by atoms with E-state index in [4.69, 9.17) is 9.52 Å². The fourth-order valence-electron chi connectivity index (χ4n) is 3.51. The molecule has 0 saturated carbocycles. The van der Waals surface area contributed by atoms with Crippen molar-refractivity contribution in [2.45, 2.75) is 45.6 Å². The minimum atomic E-state index is -0.999. The summed E-state index contributed by atoms with van der Waals surface area (Å²) in [6.45, 7) is 4.54. The molecule has 5 heteroatoms. The largest absolute Gasteiger partial charge is 0.481 e. The molecule has 0 aliphatic carbocycles. The van der Waals surface area contributed by atoms with E-state index < -0.39 is 5.97 Å². The molecule has 25 heavy (non-hydrogen) atoms. The van der Waals surface area contributed by atoms with Crippen molar-refractivity contribution in [3.8, 4) is 0 Å². The third-order valence-corrected chi connectivity index (χ3v) is 4.81. The molecule has 2 heterocycles. The van der Waals surface area contributed by atoms with Crippen molar-refractivity contribution in [1.82, 2.24) is 4.90 Å². The predicted molar refractivity (Wildman–Crippen MR) is 93.7 cm³/mol. The third kappa shape index (κ3) is 3.76. The summed E-state index contributed by atoms with van der Waals surface area (Å²) in [4.78, 5) is 26.0. The Morgan fingerprint density at radius 1 is 1.24 bits per heavy atom. The topological polar surface area (TPSA) is 70.8 Å². The Labute approximate surface area is 147 Å². The molecule has 1 aromatic heterocycles. The first kappa shape index (κ1) is 17.3. The summed E-state index contributed by atoms with van der Waals surface area (Å²) in [7, 11) is 0. The van der Waals surface area contributed by atoms with Crippen molar-refractivity contribution in [3.05, 3.63) is 58.5 Å². The highest BCUT2D eigenvalue weighted by molar-refractivity contribution is 5.97. The molecule has 1 unspecified atom stereocenters. The molecule has 1 saturated heterocycles. The smallest absolute Gasteiger partial charge is 0.311 e. The highest BCUT2D eigenvalue weighted by Gasteiger charge is 2.32. The van der Waals surface area contributed by atoms with Crippen molar-refractivity contribution < 1.29 is 19.1 Å². The van der Waals surface area contributed by atoms with E-state index in [-0.39, 0.29) is 24.1 Å². The molecule has 132 valence electrons. The lowest BCUT2D eigenvalue weighted by Gasteiger charge is -2.25.